The van der Waals surface area contributed by atoms with Crippen LogP contribution in [0.1, 0.15) is 25.0 Å². The number of non-ortho nitro benzene ring substituents is 1. The summed E-state index contributed by atoms with van der Waals surface area (Å²) < 4.78 is 11.0. The zero-order valence-corrected chi connectivity index (χ0v) is 21.7. The summed E-state index contributed by atoms with van der Waals surface area (Å²) in [5.74, 6) is 0.650. The van der Waals surface area contributed by atoms with E-state index in [0.717, 1.165) is 24.3 Å². The Bertz CT molecular complexity index is 1560. The van der Waals surface area contributed by atoms with Gasteiger partial charge in [0, 0.05) is 47.6 Å². The van der Waals surface area contributed by atoms with Crippen molar-refractivity contribution in [1.29, 1.82) is 0 Å². The maximum Gasteiger partial charge on any atom is 0.270 e. The number of fused-ring (bicyclic) bond motifs is 2. The van der Waals surface area contributed by atoms with Gasteiger partial charge in [-0.2, -0.15) is 0 Å². The van der Waals surface area contributed by atoms with E-state index in [9.17, 15) is 10.1 Å². The highest BCUT2D eigenvalue weighted by Crippen LogP contribution is 2.54. The summed E-state index contributed by atoms with van der Waals surface area (Å²) in [6.45, 7) is 5.89. The van der Waals surface area contributed by atoms with Crippen LogP contribution in [0.25, 0.3) is 17.2 Å². The van der Waals surface area contributed by atoms with Crippen LogP contribution in [0.2, 0.25) is 0 Å². The molecule has 0 saturated heterocycles. The Morgan fingerprint density at radius 2 is 1.63 bits per heavy atom. The van der Waals surface area contributed by atoms with Gasteiger partial charge in [0.1, 0.15) is 12.8 Å². The number of nitro benzene ring substituents is 1. The number of aryl methyl sites for hydroxylation is 1. The smallest absolute Gasteiger partial charge is 0.270 e. The first-order valence-corrected chi connectivity index (χ1v) is 12.8. The number of rotatable bonds is 5. The molecular weight excluding hydrogens is 476 g/mol. The average Bonchev–Trinajstić information content (AvgIpc) is 3.10. The second kappa shape index (κ2) is 8.80. The highest BCUT2D eigenvalue weighted by atomic mass is 16.6. The quantitative estimate of drug-likeness (QED) is 0.218. The van der Waals surface area contributed by atoms with Gasteiger partial charge in [0.05, 0.1) is 16.9 Å². The standard InChI is InChI=1S/C31H30N4O3/c1-30(2)27-6-4-5-7-28(27)34(31(30)15-10-25-22-26(35(36)37)8-9-29(25)38-31)21-20-33-18-13-24(14-19-33)23-11-16-32(3)17-12-23/h4-19,22H,20-21H2,1-3H3/q+2/t31-/m1/s1. The summed E-state index contributed by atoms with van der Waals surface area (Å²) in [5, 5.41) is 11.3. The molecule has 0 saturated carbocycles. The first-order valence-electron chi connectivity index (χ1n) is 12.8. The Morgan fingerprint density at radius 3 is 2.34 bits per heavy atom. The molecule has 2 aliphatic heterocycles. The lowest BCUT2D eigenvalue weighted by molar-refractivity contribution is -0.694. The molecule has 0 aliphatic carbocycles. The van der Waals surface area contributed by atoms with Gasteiger partial charge in [-0.15, -0.1) is 0 Å². The lowest BCUT2D eigenvalue weighted by Gasteiger charge is -2.46. The van der Waals surface area contributed by atoms with Crippen molar-refractivity contribution in [2.75, 3.05) is 11.4 Å². The number of hydrogen-bond donors (Lipinski definition) is 0. The number of aromatic nitrogens is 2. The van der Waals surface area contributed by atoms with Gasteiger partial charge in [0.2, 0.25) is 5.72 Å². The fraction of sp³-hybridized carbons (Fsp3) is 0.226. The van der Waals surface area contributed by atoms with E-state index >= 15 is 0 Å². The molecule has 2 aromatic carbocycles. The normalized spacial score (nSPS) is 18.7. The summed E-state index contributed by atoms with van der Waals surface area (Å²) in [7, 11) is 2.01. The van der Waals surface area contributed by atoms with Crippen molar-refractivity contribution in [3.05, 3.63) is 119 Å². The number of hydrogen-bond acceptors (Lipinski definition) is 4. The molecule has 0 unspecified atom stereocenters. The Labute approximate surface area is 222 Å². The molecule has 7 heteroatoms. The van der Waals surface area contributed by atoms with Gasteiger partial charge in [0.25, 0.3) is 5.69 Å². The third-order valence-corrected chi connectivity index (χ3v) is 7.91. The van der Waals surface area contributed by atoms with E-state index in [2.05, 4.69) is 103 Å². The molecule has 2 aliphatic rings. The van der Waals surface area contributed by atoms with E-state index < -0.39 is 5.72 Å². The first kappa shape index (κ1) is 23.9. The molecule has 6 rings (SSSR count). The zero-order chi connectivity index (χ0) is 26.5. The topological polar surface area (TPSA) is 63.4 Å². The summed E-state index contributed by atoms with van der Waals surface area (Å²) >= 11 is 0. The minimum atomic E-state index is -0.764. The van der Waals surface area contributed by atoms with Gasteiger partial charge in [-0.05, 0) is 54.8 Å². The van der Waals surface area contributed by atoms with Crippen LogP contribution in [-0.4, -0.2) is 17.2 Å². The number of nitrogens with zero attached hydrogens (tertiary/aromatic N) is 4. The molecule has 0 fully saturated rings. The SMILES string of the molecule is C[n+]1ccc(-c2cc[n+](CCN3c4ccccc4C(C)(C)[C@]34C=Cc3cc([N+](=O)[O-])ccc3O4)cc2)cc1. The summed E-state index contributed by atoms with van der Waals surface area (Å²) in [6.07, 6.45) is 12.4. The van der Waals surface area contributed by atoms with Crippen molar-refractivity contribution < 1.29 is 18.8 Å². The predicted molar refractivity (Wildman–Crippen MR) is 146 cm³/mol. The van der Waals surface area contributed by atoms with Crippen LogP contribution < -0.4 is 18.8 Å². The maximum absolute atomic E-state index is 11.3. The highest BCUT2D eigenvalue weighted by Gasteiger charge is 2.58. The minimum Gasteiger partial charge on any atom is -0.463 e. The number of para-hydroxylation sites is 1. The summed E-state index contributed by atoms with van der Waals surface area (Å²) in [4.78, 5) is 13.3. The molecule has 1 atom stereocenters. The van der Waals surface area contributed by atoms with Gasteiger partial charge in [-0.1, -0.05) is 18.2 Å². The van der Waals surface area contributed by atoms with Crippen molar-refractivity contribution in [3.63, 3.8) is 0 Å². The van der Waals surface area contributed by atoms with Crippen LogP contribution in [0.3, 0.4) is 0 Å². The predicted octanol–water partition coefficient (Wildman–Crippen LogP) is 4.97. The number of pyridine rings is 2. The van der Waals surface area contributed by atoms with E-state index in [1.165, 1.54) is 22.8 Å². The Hall–Kier alpha value is -4.52. The van der Waals surface area contributed by atoms with Gasteiger partial charge >= 0.3 is 0 Å². The van der Waals surface area contributed by atoms with Gasteiger partial charge in [-0.25, -0.2) is 9.13 Å². The molecule has 38 heavy (non-hydrogen) atoms. The number of nitro groups is 1. The van der Waals surface area contributed by atoms with Crippen LogP contribution in [0.15, 0.2) is 97.6 Å². The second-order valence-electron chi connectivity index (χ2n) is 10.5. The molecule has 0 N–H and O–H groups in total. The van der Waals surface area contributed by atoms with Crippen molar-refractivity contribution in [3.8, 4) is 16.9 Å². The molecule has 0 amide bonds. The molecule has 4 heterocycles. The fourth-order valence-corrected chi connectivity index (χ4v) is 5.70. The third-order valence-electron chi connectivity index (χ3n) is 7.91. The van der Waals surface area contributed by atoms with E-state index in [4.69, 9.17) is 4.74 Å². The molecule has 4 aromatic rings. The second-order valence-corrected chi connectivity index (χ2v) is 10.5. The minimum absolute atomic E-state index is 0.0583. The molecule has 0 bridgehead atoms. The van der Waals surface area contributed by atoms with Crippen LogP contribution in [-0.2, 0) is 19.0 Å². The molecule has 190 valence electrons. The van der Waals surface area contributed by atoms with Crippen molar-refractivity contribution in [2.45, 2.75) is 31.5 Å². The molecule has 1 spiro atoms. The Kier molecular flexibility index (Phi) is 5.52. The van der Waals surface area contributed by atoms with E-state index in [1.54, 1.807) is 12.1 Å². The largest absolute Gasteiger partial charge is 0.463 e. The van der Waals surface area contributed by atoms with Crippen LogP contribution in [0.4, 0.5) is 11.4 Å². The first-order chi connectivity index (χ1) is 18.3. The van der Waals surface area contributed by atoms with Crippen molar-refractivity contribution in [1.82, 2.24) is 0 Å². The van der Waals surface area contributed by atoms with Crippen molar-refractivity contribution in [2.24, 2.45) is 7.05 Å². The Balaban J connectivity index is 1.32. The van der Waals surface area contributed by atoms with Gasteiger partial charge in [-0.3, -0.25) is 10.1 Å². The number of benzene rings is 2. The lowest BCUT2D eigenvalue weighted by Crippen LogP contribution is -2.61. The molecule has 0 radical (unpaired) electrons. The van der Waals surface area contributed by atoms with Gasteiger partial charge in [0.15, 0.2) is 31.3 Å². The zero-order valence-electron chi connectivity index (χ0n) is 21.7. The number of anilines is 1. The van der Waals surface area contributed by atoms with E-state index in [-0.39, 0.29) is 16.0 Å². The van der Waals surface area contributed by atoms with Crippen LogP contribution >= 0.6 is 0 Å². The maximum atomic E-state index is 11.3. The van der Waals surface area contributed by atoms with Gasteiger partial charge < -0.3 is 9.64 Å². The monoisotopic (exact) mass is 506 g/mol. The van der Waals surface area contributed by atoms with Crippen LogP contribution in [0, 0.1) is 10.1 Å². The molecular formula is C31H30N4O3+2. The Morgan fingerprint density at radius 1 is 0.947 bits per heavy atom. The molecule has 2 aromatic heterocycles. The average molecular weight is 507 g/mol. The third kappa shape index (κ3) is 3.74. The van der Waals surface area contributed by atoms with E-state index in [0.29, 0.717) is 5.75 Å². The van der Waals surface area contributed by atoms with Crippen molar-refractivity contribution >= 4 is 17.5 Å². The fourth-order valence-electron chi connectivity index (χ4n) is 5.70. The molecule has 7 nitrogen and oxygen atoms in total. The number of ether oxygens (including phenoxy) is 1. The summed E-state index contributed by atoms with van der Waals surface area (Å²) in [6, 6.07) is 21.8. The van der Waals surface area contributed by atoms with Crippen LogP contribution in [0.5, 0.6) is 5.75 Å². The lowest BCUT2D eigenvalue weighted by atomic mass is 9.76. The summed E-state index contributed by atoms with van der Waals surface area (Å²) in [5.41, 5.74) is 4.37. The highest BCUT2D eigenvalue weighted by molar-refractivity contribution is 5.73. The van der Waals surface area contributed by atoms with E-state index in [1.807, 2.05) is 17.7 Å².